The lowest BCUT2D eigenvalue weighted by Gasteiger charge is -2.26. The molecule has 122 valence electrons. The van der Waals surface area contributed by atoms with Gasteiger partial charge < -0.3 is 15.5 Å². The van der Waals surface area contributed by atoms with E-state index in [1.165, 1.54) is 64.2 Å². The smallest absolute Gasteiger partial charge is 0.0633 e. The minimum absolute atomic E-state index is 0.0124. The van der Waals surface area contributed by atoms with Gasteiger partial charge in [0.15, 0.2) is 0 Å². The summed E-state index contributed by atoms with van der Waals surface area (Å²) in [4.78, 5) is 0. The van der Waals surface area contributed by atoms with Crippen LogP contribution in [0.15, 0.2) is 0 Å². The van der Waals surface area contributed by atoms with E-state index < -0.39 is 5.54 Å². The van der Waals surface area contributed by atoms with Gasteiger partial charge in [0.1, 0.15) is 0 Å². The van der Waals surface area contributed by atoms with Crippen LogP contribution in [0.2, 0.25) is 0 Å². The third kappa shape index (κ3) is 11.7. The van der Waals surface area contributed by atoms with E-state index in [4.69, 9.17) is 10.2 Å². The number of hydrogen-bond donors (Lipinski definition) is 3. The Balaban J connectivity index is 3.17. The fourth-order valence-corrected chi connectivity index (χ4v) is 2.34. The number of aliphatic hydroxyl groups is 2. The third-order valence-corrected chi connectivity index (χ3v) is 4.03. The van der Waals surface area contributed by atoms with Crippen molar-refractivity contribution in [2.45, 2.75) is 90.0 Å². The average molecular weight is 287 g/mol. The van der Waals surface area contributed by atoms with Crippen LogP contribution in [0.25, 0.3) is 0 Å². The summed E-state index contributed by atoms with van der Waals surface area (Å²) < 4.78 is 0. The van der Waals surface area contributed by atoms with Gasteiger partial charge in [0.05, 0.1) is 18.8 Å². The van der Waals surface area contributed by atoms with Gasteiger partial charge in [-0.15, -0.1) is 0 Å². The Labute approximate surface area is 126 Å². The summed E-state index contributed by atoms with van der Waals surface area (Å²) in [5.41, 5.74) is -0.515. The van der Waals surface area contributed by atoms with Crippen molar-refractivity contribution in [1.29, 1.82) is 0 Å². The van der Waals surface area contributed by atoms with Crippen molar-refractivity contribution in [3.05, 3.63) is 0 Å². The molecule has 0 amide bonds. The van der Waals surface area contributed by atoms with Gasteiger partial charge in [-0.2, -0.15) is 0 Å². The monoisotopic (exact) mass is 287 g/mol. The first kappa shape index (κ1) is 19.9. The highest BCUT2D eigenvalue weighted by atomic mass is 16.3. The lowest BCUT2D eigenvalue weighted by molar-refractivity contribution is 0.104. The molecule has 0 heterocycles. The van der Waals surface area contributed by atoms with Crippen molar-refractivity contribution >= 4 is 0 Å². The molecule has 0 unspecified atom stereocenters. The van der Waals surface area contributed by atoms with E-state index in [0.717, 1.165) is 13.0 Å². The second-order valence-electron chi connectivity index (χ2n) is 6.34. The lowest BCUT2D eigenvalue weighted by atomic mass is 10.0. The van der Waals surface area contributed by atoms with Crippen LogP contribution in [-0.2, 0) is 0 Å². The standard InChI is InChI=1S/C17H37NO2/c1-3-4-5-6-7-8-9-10-11-12-13-14-18-17(2,15-19)16-20/h18-20H,3-16H2,1-2H3. The summed E-state index contributed by atoms with van der Waals surface area (Å²) in [6.07, 6.45) is 14.8. The van der Waals surface area contributed by atoms with E-state index in [2.05, 4.69) is 12.2 Å². The number of aliphatic hydroxyl groups excluding tert-OH is 2. The Morgan fingerprint density at radius 3 is 1.50 bits per heavy atom. The summed E-state index contributed by atoms with van der Waals surface area (Å²) >= 11 is 0. The molecule has 0 atom stereocenters. The van der Waals surface area contributed by atoms with Crippen molar-refractivity contribution in [1.82, 2.24) is 5.32 Å². The van der Waals surface area contributed by atoms with Gasteiger partial charge in [-0.3, -0.25) is 0 Å². The maximum atomic E-state index is 9.14. The van der Waals surface area contributed by atoms with E-state index in [9.17, 15) is 0 Å². The third-order valence-electron chi connectivity index (χ3n) is 4.03. The highest BCUT2D eigenvalue weighted by Gasteiger charge is 2.20. The lowest BCUT2D eigenvalue weighted by Crippen LogP contribution is -2.49. The molecule has 0 spiro atoms. The van der Waals surface area contributed by atoms with Gasteiger partial charge in [0.25, 0.3) is 0 Å². The molecule has 0 bridgehead atoms. The molecular formula is C17H37NO2. The zero-order chi connectivity index (χ0) is 15.1. The SMILES string of the molecule is CCCCCCCCCCCCCNC(C)(CO)CO. The maximum Gasteiger partial charge on any atom is 0.0633 e. The molecule has 0 aliphatic heterocycles. The van der Waals surface area contributed by atoms with Gasteiger partial charge in [0, 0.05) is 0 Å². The summed E-state index contributed by atoms with van der Waals surface area (Å²) in [7, 11) is 0. The highest BCUT2D eigenvalue weighted by molar-refractivity contribution is 4.80. The molecule has 0 saturated heterocycles. The molecule has 3 heteroatoms. The first-order valence-corrected chi connectivity index (χ1v) is 8.65. The Bertz CT molecular complexity index is 193. The fraction of sp³-hybridized carbons (Fsp3) is 1.00. The van der Waals surface area contributed by atoms with Crippen LogP contribution in [-0.4, -0.2) is 35.5 Å². The van der Waals surface area contributed by atoms with Crippen molar-refractivity contribution < 1.29 is 10.2 Å². The van der Waals surface area contributed by atoms with E-state index in [1.807, 2.05) is 6.92 Å². The van der Waals surface area contributed by atoms with E-state index in [0.29, 0.717) is 0 Å². The molecule has 0 aromatic rings. The number of hydrogen-bond acceptors (Lipinski definition) is 3. The van der Waals surface area contributed by atoms with Crippen LogP contribution in [0, 0.1) is 0 Å². The van der Waals surface area contributed by atoms with Crippen molar-refractivity contribution in [3.8, 4) is 0 Å². The predicted molar refractivity (Wildman–Crippen MR) is 87.0 cm³/mol. The predicted octanol–water partition coefficient (Wildman–Crippen LogP) is 3.63. The van der Waals surface area contributed by atoms with Crippen LogP contribution >= 0.6 is 0 Å². The van der Waals surface area contributed by atoms with Crippen LogP contribution in [0.1, 0.15) is 84.5 Å². The minimum Gasteiger partial charge on any atom is -0.394 e. The molecule has 3 N–H and O–H groups in total. The van der Waals surface area contributed by atoms with Gasteiger partial charge in [-0.05, 0) is 19.9 Å². The Morgan fingerprint density at radius 2 is 1.10 bits per heavy atom. The molecule has 0 fully saturated rings. The fourth-order valence-electron chi connectivity index (χ4n) is 2.34. The Morgan fingerprint density at radius 1 is 0.700 bits per heavy atom. The van der Waals surface area contributed by atoms with Gasteiger partial charge in [-0.1, -0.05) is 71.1 Å². The molecular weight excluding hydrogens is 250 g/mol. The van der Waals surface area contributed by atoms with Crippen LogP contribution < -0.4 is 5.32 Å². The maximum absolute atomic E-state index is 9.14. The molecule has 0 rings (SSSR count). The topological polar surface area (TPSA) is 52.5 Å². The zero-order valence-corrected chi connectivity index (χ0v) is 13.8. The largest absolute Gasteiger partial charge is 0.394 e. The molecule has 0 aliphatic rings. The zero-order valence-electron chi connectivity index (χ0n) is 13.8. The van der Waals surface area contributed by atoms with E-state index in [-0.39, 0.29) is 13.2 Å². The van der Waals surface area contributed by atoms with E-state index in [1.54, 1.807) is 0 Å². The van der Waals surface area contributed by atoms with Gasteiger partial charge >= 0.3 is 0 Å². The summed E-state index contributed by atoms with van der Waals surface area (Å²) in [5.74, 6) is 0. The number of unbranched alkanes of at least 4 members (excludes halogenated alkanes) is 10. The van der Waals surface area contributed by atoms with Crippen LogP contribution in [0.5, 0.6) is 0 Å². The van der Waals surface area contributed by atoms with Gasteiger partial charge in [0.2, 0.25) is 0 Å². The molecule has 20 heavy (non-hydrogen) atoms. The van der Waals surface area contributed by atoms with Crippen molar-refractivity contribution in [3.63, 3.8) is 0 Å². The second kappa shape index (κ2) is 13.8. The van der Waals surface area contributed by atoms with E-state index >= 15 is 0 Å². The first-order chi connectivity index (χ1) is 9.68. The highest BCUT2D eigenvalue weighted by Crippen LogP contribution is 2.11. The molecule has 3 nitrogen and oxygen atoms in total. The Kier molecular flexibility index (Phi) is 13.8. The summed E-state index contributed by atoms with van der Waals surface area (Å²) in [6, 6.07) is 0. The summed E-state index contributed by atoms with van der Waals surface area (Å²) in [6.45, 7) is 4.97. The van der Waals surface area contributed by atoms with Crippen LogP contribution in [0.3, 0.4) is 0 Å². The van der Waals surface area contributed by atoms with Crippen LogP contribution in [0.4, 0.5) is 0 Å². The average Bonchev–Trinajstić information content (AvgIpc) is 2.48. The molecule has 0 radical (unpaired) electrons. The number of rotatable bonds is 15. The molecule has 0 aliphatic carbocycles. The minimum atomic E-state index is -0.515. The first-order valence-electron chi connectivity index (χ1n) is 8.65. The van der Waals surface area contributed by atoms with Crippen molar-refractivity contribution in [2.75, 3.05) is 19.8 Å². The van der Waals surface area contributed by atoms with Crippen molar-refractivity contribution in [2.24, 2.45) is 0 Å². The molecule has 0 aromatic heterocycles. The second-order valence-corrected chi connectivity index (χ2v) is 6.34. The molecule has 0 aromatic carbocycles. The van der Waals surface area contributed by atoms with Gasteiger partial charge in [-0.25, -0.2) is 0 Å². The Hall–Kier alpha value is -0.120. The molecule has 0 saturated carbocycles. The normalized spacial score (nSPS) is 12.0. The number of nitrogens with one attached hydrogen (secondary N) is 1. The summed E-state index contributed by atoms with van der Waals surface area (Å²) in [5, 5.41) is 21.5. The quantitative estimate of drug-likeness (QED) is 0.403.